The molecule has 1 heterocycles. The van der Waals surface area contributed by atoms with Crippen molar-refractivity contribution in [3.63, 3.8) is 0 Å². The number of halogens is 1. The summed E-state index contributed by atoms with van der Waals surface area (Å²) in [7, 11) is -3.83. The molecule has 0 saturated heterocycles. The zero-order valence-corrected chi connectivity index (χ0v) is 17.3. The third kappa shape index (κ3) is 4.14. The molecule has 0 saturated carbocycles. The SMILES string of the molecule is NS(=O)(=O)c1ccc(C(=O)N2N=C(c3ccccc3)CC2c2ccc(Cl)cc2)cc1. The summed E-state index contributed by atoms with van der Waals surface area (Å²) in [5.74, 6) is -0.332. The first-order valence-corrected chi connectivity index (χ1v) is 11.1. The van der Waals surface area contributed by atoms with Gasteiger partial charge in [-0.15, -0.1) is 0 Å². The van der Waals surface area contributed by atoms with E-state index in [2.05, 4.69) is 5.10 Å². The average molecular weight is 440 g/mol. The number of carbonyl (C=O) groups excluding carboxylic acids is 1. The second-order valence-electron chi connectivity index (χ2n) is 6.90. The van der Waals surface area contributed by atoms with E-state index in [9.17, 15) is 13.2 Å². The van der Waals surface area contributed by atoms with Crippen LogP contribution < -0.4 is 5.14 Å². The molecule has 30 heavy (non-hydrogen) atoms. The fourth-order valence-corrected chi connectivity index (χ4v) is 4.01. The van der Waals surface area contributed by atoms with Crippen LogP contribution in [0.2, 0.25) is 5.02 Å². The van der Waals surface area contributed by atoms with Crippen molar-refractivity contribution in [3.05, 3.63) is 101 Å². The highest BCUT2D eigenvalue weighted by atomic mass is 35.5. The van der Waals surface area contributed by atoms with Crippen LogP contribution in [0.4, 0.5) is 0 Å². The maximum absolute atomic E-state index is 13.2. The van der Waals surface area contributed by atoms with Gasteiger partial charge in [0.2, 0.25) is 10.0 Å². The molecular weight excluding hydrogens is 422 g/mol. The predicted octanol–water partition coefficient (Wildman–Crippen LogP) is 3.98. The molecule has 0 radical (unpaired) electrons. The Kier molecular flexibility index (Phi) is 5.42. The van der Waals surface area contributed by atoms with Crippen LogP contribution in [0.5, 0.6) is 0 Å². The lowest BCUT2D eigenvalue weighted by Crippen LogP contribution is -2.27. The van der Waals surface area contributed by atoms with E-state index >= 15 is 0 Å². The molecule has 0 fully saturated rings. The Morgan fingerprint density at radius 2 is 1.60 bits per heavy atom. The zero-order chi connectivity index (χ0) is 21.3. The third-order valence-corrected chi connectivity index (χ3v) is 6.09. The maximum Gasteiger partial charge on any atom is 0.274 e. The number of hydrazone groups is 1. The molecule has 0 aliphatic carbocycles. The first-order chi connectivity index (χ1) is 14.3. The van der Waals surface area contributed by atoms with Crippen LogP contribution >= 0.6 is 11.6 Å². The van der Waals surface area contributed by atoms with Gasteiger partial charge in [0.15, 0.2) is 0 Å². The molecule has 3 aromatic carbocycles. The van der Waals surface area contributed by atoms with Crippen LogP contribution in [-0.4, -0.2) is 25.0 Å². The smallest absolute Gasteiger partial charge is 0.267 e. The molecule has 6 nitrogen and oxygen atoms in total. The minimum Gasteiger partial charge on any atom is -0.267 e. The Bertz CT molecular complexity index is 1210. The van der Waals surface area contributed by atoms with Gasteiger partial charge < -0.3 is 0 Å². The van der Waals surface area contributed by atoms with Crippen LogP contribution in [-0.2, 0) is 10.0 Å². The van der Waals surface area contributed by atoms with Gasteiger partial charge in [0, 0.05) is 17.0 Å². The first-order valence-electron chi connectivity index (χ1n) is 9.18. The minimum absolute atomic E-state index is 0.0526. The second kappa shape index (κ2) is 8.02. The lowest BCUT2D eigenvalue weighted by Gasteiger charge is -2.22. The molecule has 3 aromatic rings. The fraction of sp³-hybridized carbons (Fsp3) is 0.0909. The normalized spacial score (nSPS) is 16.4. The van der Waals surface area contributed by atoms with E-state index < -0.39 is 10.0 Å². The number of primary sulfonamides is 1. The van der Waals surface area contributed by atoms with Crippen molar-refractivity contribution in [2.75, 3.05) is 0 Å². The van der Waals surface area contributed by atoms with E-state index in [0.717, 1.165) is 16.8 Å². The topological polar surface area (TPSA) is 92.8 Å². The quantitative estimate of drug-likeness (QED) is 0.666. The van der Waals surface area contributed by atoms with Crippen LogP contribution in [0.1, 0.15) is 33.9 Å². The van der Waals surface area contributed by atoms with Gasteiger partial charge in [0.05, 0.1) is 16.6 Å². The van der Waals surface area contributed by atoms with Crippen LogP contribution in [0, 0.1) is 0 Å². The molecule has 152 valence electrons. The number of rotatable bonds is 4. The second-order valence-corrected chi connectivity index (χ2v) is 8.90. The van der Waals surface area contributed by atoms with Crippen molar-refractivity contribution in [3.8, 4) is 0 Å². The van der Waals surface area contributed by atoms with E-state index in [4.69, 9.17) is 16.7 Å². The summed E-state index contributed by atoms with van der Waals surface area (Å²) >= 11 is 6.02. The predicted molar refractivity (Wildman–Crippen MR) is 116 cm³/mol. The van der Waals surface area contributed by atoms with Crippen molar-refractivity contribution in [2.45, 2.75) is 17.4 Å². The highest BCUT2D eigenvalue weighted by Gasteiger charge is 2.33. The molecule has 8 heteroatoms. The fourth-order valence-electron chi connectivity index (χ4n) is 3.37. The number of hydrogen-bond donors (Lipinski definition) is 1. The van der Waals surface area contributed by atoms with Gasteiger partial charge in [-0.2, -0.15) is 5.10 Å². The number of nitrogens with two attached hydrogens (primary N) is 1. The lowest BCUT2D eigenvalue weighted by molar-refractivity contribution is 0.0711. The Hall–Kier alpha value is -3.00. The highest BCUT2D eigenvalue weighted by molar-refractivity contribution is 7.89. The van der Waals surface area contributed by atoms with E-state index in [1.165, 1.54) is 29.3 Å². The summed E-state index contributed by atoms with van der Waals surface area (Å²) in [5, 5.41) is 11.8. The Morgan fingerprint density at radius 3 is 2.20 bits per heavy atom. The minimum atomic E-state index is -3.83. The van der Waals surface area contributed by atoms with Crippen LogP contribution in [0.25, 0.3) is 0 Å². The average Bonchev–Trinajstić information content (AvgIpc) is 3.19. The van der Waals surface area contributed by atoms with Crippen LogP contribution in [0.15, 0.2) is 88.9 Å². The molecule has 1 aliphatic rings. The molecule has 1 atom stereocenters. The molecule has 0 bridgehead atoms. The number of sulfonamides is 1. The Balaban J connectivity index is 1.71. The van der Waals surface area contributed by atoms with Gasteiger partial charge in [0.25, 0.3) is 5.91 Å². The summed E-state index contributed by atoms with van der Waals surface area (Å²) in [6.07, 6.45) is 0.548. The molecule has 2 N–H and O–H groups in total. The van der Waals surface area contributed by atoms with Crippen LogP contribution in [0.3, 0.4) is 0 Å². The van der Waals surface area contributed by atoms with E-state index in [0.29, 0.717) is 17.0 Å². The molecule has 1 amide bonds. The van der Waals surface area contributed by atoms with Crippen molar-refractivity contribution >= 4 is 33.2 Å². The van der Waals surface area contributed by atoms with Crippen molar-refractivity contribution < 1.29 is 13.2 Å². The maximum atomic E-state index is 13.2. The number of amides is 1. The van der Waals surface area contributed by atoms with Crippen molar-refractivity contribution in [2.24, 2.45) is 10.2 Å². The zero-order valence-electron chi connectivity index (χ0n) is 15.8. The molecule has 4 rings (SSSR count). The van der Waals surface area contributed by atoms with Crippen molar-refractivity contribution in [1.82, 2.24) is 5.01 Å². The van der Waals surface area contributed by atoms with Gasteiger partial charge in [-0.3, -0.25) is 4.79 Å². The molecular formula is C22H18ClN3O3S. The molecule has 0 aromatic heterocycles. The van der Waals surface area contributed by atoms with Gasteiger partial charge in [0.1, 0.15) is 0 Å². The monoisotopic (exact) mass is 439 g/mol. The number of benzene rings is 3. The summed E-state index contributed by atoms with van der Waals surface area (Å²) in [4.78, 5) is 13.2. The summed E-state index contributed by atoms with van der Waals surface area (Å²) in [6.45, 7) is 0. The number of hydrogen-bond acceptors (Lipinski definition) is 4. The van der Waals surface area contributed by atoms with Gasteiger partial charge in [-0.1, -0.05) is 54.1 Å². The summed E-state index contributed by atoms with van der Waals surface area (Å²) < 4.78 is 23.0. The first kappa shape index (κ1) is 20.3. The summed E-state index contributed by atoms with van der Waals surface area (Å²) in [6, 6.07) is 22.2. The standard InChI is InChI=1S/C22H18ClN3O3S/c23-18-10-6-16(7-11-18)21-14-20(15-4-2-1-3-5-15)25-26(21)22(27)17-8-12-19(13-9-17)30(24,28)29/h1-13,21H,14H2,(H2,24,28,29). The van der Waals surface area contributed by atoms with Crippen molar-refractivity contribution in [1.29, 1.82) is 0 Å². The number of nitrogens with zero attached hydrogens (tertiary/aromatic N) is 2. The lowest BCUT2D eigenvalue weighted by atomic mass is 9.98. The van der Waals surface area contributed by atoms with Gasteiger partial charge in [-0.05, 0) is 47.5 Å². The van der Waals surface area contributed by atoms with E-state index in [-0.39, 0.29) is 16.8 Å². The molecule has 0 spiro atoms. The van der Waals surface area contributed by atoms with Gasteiger partial charge in [-0.25, -0.2) is 18.6 Å². The van der Waals surface area contributed by atoms with E-state index in [1.54, 1.807) is 12.1 Å². The highest BCUT2D eigenvalue weighted by Crippen LogP contribution is 2.34. The number of carbonyl (C=O) groups is 1. The van der Waals surface area contributed by atoms with Gasteiger partial charge >= 0.3 is 0 Å². The van der Waals surface area contributed by atoms with E-state index in [1.807, 2.05) is 42.5 Å². The molecule has 1 aliphatic heterocycles. The molecule has 1 unspecified atom stereocenters. The third-order valence-electron chi connectivity index (χ3n) is 4.91. The summed E-state index contributed by atoms with van der Waals surface area (Å²) in [5.41, 5.74) is 2.96. The Labute approximate surface area is 179 Å². The Morgan fingerprint density at radius 1 is 0.967 bits per heavy atom. The largest absolute Gasteiger partial charge is 0.274 e.